The van der Waals surface area contributed by atoms with E-state index in [2.05, 4.69) is 10.2 Å². The summed E-state index contributed by atoms with van der Waals surface area (Å²) in [6, 6.07) is 0. The molecule has 0 unspecified atom stereocenters. The number of nitrogens with two attached hydrogens (primary N) is 1. The number of nitrogens with zero attached hydrogens (tertiary/aromatic N) is 4. The molecule has 0 fully saturated rings. The minimum atomic E-state index is -0.555. The Hall–Kier alpha value is -2.12. The number of amides is 1. The summed E-state index contributed by atoms with van der Waals surface area (Å²) in [5.74, 6) is 0.283. The lowest BCUT2D eigenvalue weighted by molar-refractivity contribution is 0.0191. The number of carbonyl (C=O) groups is 1. The van der Waals surface area contributed by atoms with Crippen molar-refractivity contribution in [3.8, 4) is 0 Å². The lowest BCUT2D eigenvalue weighted by Crippen LogP contribution is -2.45. The molecule has 1 amide bonds. The molecule has 0 aromatic carbocycles. The summed E-state index contributed by atoms with van der Waals surface area (Å²) in [6.45, 7) is 6.31. The zero-order chi connectivity index (χ0) is 14.2. The van der Waals surface area contributed by atoms with Gasteiger partial charge in [0.1, 0.15) is 5.60 Å². The van der Waals surface area contributed by atoms with Gasteiger partial charge in [0.25, 0.3) is 5.56 Å². The summed E-state index contributed by atoms with van der Waals surface area (Å²) in [5.41, 5.74) is 4.49. The van der Waals surface area contributed by atoms with Crippen molar-refractivity contribution in [1.29, 1.82) is 0 Å². The van der Waals surface area contributed by atoms with E-state index in [9.17, 15) is 9.59 Å². The van der Waals surface area contributed by atoms with E-state index in [4.69, 9.17) is 10.5 Å². The SMILES string of the molecule is CC(C)(C)OC(=O)N1CCn2c(nnc(N)c2=O)C1. The topological polar surface area (TPSA) is 103 Å². The zero-order valence-electron chi connectivity index (χ0n) is 11.2. The van der Waals surface area contributed by atoms with Crippen molar-refractivity contribution >= 4 is 11.9 Å². The van der Waals surface area contributed by atoms with Gasteiger partial charge in [0.2, 0.25) is 5.82 Å². The smallest absolute Gasteiger partial charge is 0.410 e. The van der Waals surface area contributed by atoms with E-state index < -0.39 is 11.7 Å². The highest BCUT2D eigenvalue weighted by Gasteiger charge is 2.27. The maximum atomic E-state index is 11.9. The third-order valence-electron chi connectivity index (χ3n) is 2.63. The van der Waals surface area contributed by atoms with E-state index in [-0.39, 0.29) is 17.9 Å². The van der Waals surface area contributed by atoms with Crippen LogP contribution < -0.4 is 11.3 Å². The van der Waals surface area contributed by atoms with E-state index in [0.717, 1.165) is 0 Å². The van der Waals surface area contributed by atoms with Gasteiger partial charge in [0.15, 0.2) is 5.82 Å². The van der Waals surface area contributed by atoms with Crippen molar-refractivity contribution in [2.75, 3.05) is 12.3 Å². The Balaban J connectivity index is 2.17. The van der Waals surface area contributed by atoms with Crippen molar-refractivity contribution in [3.63, 3.8) is 0 Å². The maximum Gasteiger partial charge on any atom is 0.410 e. The van der Waals surface area contributed by atoms with Crippen LogP contribution in [0, 0.1) is 0 Å². The van der Waals surface area contributed by atoms with Gasteiger partial charge in [-0.05, 0) is 20.8 Å². The molecule has 0 saturated heterocycles. The molecule has 0 saturated carbocycles. The van der Waals surface area contributed by atoms with Gasteiger partial charge in [-0.25, -0.2) is 4.79 Å². The predicted octanol–water partition coefficient (Wildman–Crippen LogP) is -0.0288. The van der Waals surface area contributed by atoms with Gasteiger partial charge in [0, 0.05) is 13.1 Å². The summed E-state index contributed by atoms with van der Waals surface area (Å²) in [4.78, 5) is 25.1. The molecule has 1 aromatic heterocycles. The molecule has 0 bridgehead atoms. The van der Waals surface area contributed by atoms with Crippen molar-refractivity contribution in [2.24, 2.45) is 0 Å². The fraction of sp³-hybridized carbons (Fsp3) is 0.636. The number of ether oxygens (including phenoxy) is 1. The molecule has 0 atom stereocenters. The molecule has 0 spiro atoms. The summed E-state index contributed by atoms with van der Waals surface area (Å²) in [7, 11) is 0. The number of hydrogen-bond donors (Lipinski definition) is 1. The number of rotatable bonds is 0. The summed E-state index contributed by atoms with van der Waals surface area (Å²) in [5, 5.41) is 7.42. The second kappa shape index (κ2) is 4.52. The summed E-state index contributed by atoms with van der Waals surface area (Å²) >= 11 is 0. The highest BCUT2D eigenvalue weighted by atomic mass is 16.6. The second-order valence-corrected chi connectivity index (χ2v) is 5.36. The minimum Gasteiger partial charge on any atom is -0.444 e. The van der Waals surface area contributed by atoms with Crippen LogP contribution in [-0.2, 0) is 17.8 Å². The van der Waals surface area contributed by atoms with Gasteiger partial charge in [-0.2, -0.15) is 0 Å². The Kier molecular flexibility index (Phi) is 3.17. The van der Waals surface area contributed by atoms with E-state index in [0.29, 0.717) is 18.9 Å². The first-order valence-corrected chi connectivity index (χ1v) is 5.98. The molecule has 8 heteroatoms. The molecule has 0 radical (unpaired) electrons. The normalized spacial score (nSPS) is 15.0. The number of fused-ring (bicyclic) bond motifs is 1. The fourth-order valence-electron chi connectivity index (χ4n) is 1.76. The van der Waals surface area contributed by atoms with E-state index in [1.54, 1.807) is 20.8 Å². The third kappa shape index (κ3) is 2.83. The van der Waals surface area contributed by atoms with Crippen LogP contribution in [0.3, 0.4) is 0 Å². The van der Waals surface area contributed by atoms with E-state index in [1.165, 1.54) is 9.47 Å². The first kappa shape index (κ1) is 13.3. The first-order valence-electron chi connectivity index (χ1n) is 5.98. The minimum absolute atomic E-state index is 0.130. The van der Waals surface area contributed by atoms with Crippen LogP contribution in [-0.4, -0.2) is 37.9 Å². The molecule has 19 heavy (non-hydrogen) atoms. The lowest BCUT2D eigenvalue weighted by atomic mass is 10.2. The van der Waals surface area contributed by atoms with Crippen LogP contribution in [0.1, 0.15) is 26.6 Å². The van der Waals surface area contributed by atoms with Gasteiger partial charge in [-0.1, -0.05) is 0 Å². The number of hydrogen-bond acceptors (Lipinski definition) is 6. The summed E-state index contributed by atoms with van der Waals surface area (Å²) < 4.78 is 6.71. The molecule has 1 aliphatic rings. The maximum absolute atomic E-state index is 11.9. The number of aromatic nitrogens is 3. The molecule has 0 aliphatic carbocycles. The van der Waals surface area contributed by atoms with Gasteiger partial charge in [-0.15, -0.1) is 10.2 Å². The summed E-state index contributed by atoms with van der Waals surface area (Å²) in [6.07, 6.45) is -0.426. The molecule has 2 heterocycles. The quantitative estimate of drug-likeness (QED) is 0.708. The van der Waals surface area contributed by atoms with Crippen LogP contribution in [0.2, 0.25) is 0 Å². The van der Waals surface area contributed by atoms with Crippen LogP contribution in [0.25, 0.3) is 0 Å². The Labute approximate surface area is 110 Å². The Bertz CT molecular complexity index is 560. The van der Waals surface area contributed by atoms with Gasteiger partial charge < -0.3 is 10.5 Å². The molecule has 2 rings (SSSR count). The van der Waals surface area contributed by atoms with Crippen LogP contribution >= 0.6 is 0 Å². The molecular formula is C11H17N5O3. The molecule has 104 valence electrons. The third-order valence-corrected chi connectivity index (χ3v) is 2.63. The lowest BCUT2D eigenvalue weighted by Gasteiger charge is -2.30. The monoisotopic (exact) mass is 267 g/mol. The highest BCUT2D eigenvalue weighted by molar-refractivity contribution is 5.68. The van der Waals surface area contributed by atoms with Crippen LogP contribution in [0.5, 0.6) is 0 Å². The van der Waals surface area contributed by atoms with Crippen molar-refractivity contribution in [1.82, 2.24) is 19.7 Å². The number of carbonyl (C=O) groups excluding carboxylic acids is 1. The van der Waals surface area contributed by atoms with Gasteiger partial charge in [0.05, 0.1) is 6.54 Å². The van der Waals surface area contributed by atoms with Gasteiger partial charge >= 0.3 is 6.09 Å². The standard InChI is InChI=1S/C11H17N5O3/c1-11(2,3)19-10(18)15-4-5-16-7(6-15)13-14-8(12)9(16)17/h4-6H2,1-3H3,(H2,12,14). The van der Waals surface area contributed by atoms with Crippen LogP contribution in [0.15, 0.2) is 4.79 Å². The second-order valence-electron chi connectivity index (χ2n) is 5.36. The largest absolute Gasteiger partial charge is 0.444 e. The molecule has 2 N–H and O–H groups in total. The van der Waals surface area contributed by atoms with E-state index >= 15 is 0 Å². The molecule has 8 nitrogen and oxygen atoms in total. The fourth-order valence-corrected chi connectivity index (χ4v) is 1.76. The van der Waals surface area contributed by atoms with Gasteiger partial charge in [-0.3, -0.25) is 14.3 Å². The highest BCUT2D eigenvalue weighted by Crippen LogP contribution is 2.14. The average molecular weight is 267 g/mol. The zero-order valence-corrected chi connectivity index (χ0v) is 11.2. The van der Waals surface area contributed by atoms with Crippen molar-refractivity contribution < 1.29 is 9.53 Å². The number of nitrogen functional groups attached to an aromatic ring is 1. The Morgan fingerprint density at radius 2 is 2.00 bits per heavy atom. The van der Waals surface area contributed by atoms with Crippen molar-refractivity contribution in [2.45, 2.75) is 39.5 Å². The number of anilines is 1. The van der Waals surface area contributed by atoms with E-state index in [1.807, 2.05) is 0 Å². The Morgan fingerprint density at radius 3 is 2.63 bits per heavy atom. The van der Waals surface area contributed by atoms with Crippen LogP contribution in [0.4, 0.5) is 10.6 Å². The molecular weight excluding hydrogens is 250 g/mol. The van der Waals surface area contributed by atoms with Crippen molar-refractivity contribution in [3.05, 3.63) is 16.2 Å². The average Bonchev–Trinajstić information content (AvgIpc) is 2.31. The molecule has 1 aliphatic heterocycles. The molecule has 1 aromatic rings. The predicted molar refractivity (Wildman–Crippen MR) is 67.3 cm³/mol. The Morgan fingerprint density at radius 1 is 1.32 bits per heavy atom. The first-order chi connectivity index (χ1) is 8.78.